The fourth-order valence-corrected chi connectivity index (χ4v) is 2.86. The monoisotopic (exact) mass is 295 g/mol. The summed E-state index contributed by atoms with van der Waals surface area (Å²) in [4.78, 5) is 11.3. The van der Waals surface area contributed by atoms with Crippen LogP contribution >= 0.6 is 0 Å². The van der Waals surface area contributed by atoms with Crippen molar-refractivity contribution in [3.05, 3.63) is 42.4 Å². The maximum absolute atomic E-state index is 5.41. The molecule has 6 nitrogen and oxygen atoms in total. The van der Waals surface area contributed by atoms with Crippen LogP contribution in [0.5, 0.6) is 0 Å². The lowest BCUT2D eigenvalue weighted by Crippen LogP contribution is -2.36. The summed E-state index contributed by atoms with van der Waals surface area (Å²) in [6.45, 7) is 5.27. The first-order valence-corrected chi connectivity index (χ1v) is 7.42. The van der Waals surface area contributed by atoms with Gasteiger partial charge in [-0.2, -0.15) is 5.10 Å². The summed E-state index contributed by atoms with van der Waals surface area (Å²) in [6.07, 6.45) is 3.63. The second kappa shape index (κ2) is 5.38. The third-order valence-electron chi connectivity index (χ3n) is 3.92. The number of ether oxygens (including phenoxy) is 1. The number of rotatable bonds is 2. The summed E-state index contributed by atoms with van der Waals surface area (Å²) in [5.41, 5.74) is 3.94. The van der Waals surface area contributed by atoms with Gasteiger partial charge in [-0.1, -0.05) is 0 Å². The molecule has 3 aromatic rings. The van der Waals surface area contributed by atoms with Gasteiger partial charge < -0.3 is 9.64 Å². The molecule has 112 valence electrons. The number of aryl methyl sites for hydroxylation is 1. The molecule has 0 N–H and O–H groups in total. The Balaban J connectivity index is 1.80. The van der Waals surface area contributed by atoms with E-state index in [1.165, 1.54) is 0 Å². The first-order chi connectivity index (χ1) is 10.8. The highest BCUT2D eigenvalue weighted by atomic mass is 16.5. The number of fused-ring (bicyclic) bond motifs is 1. The minimum Gasteiger partial charge on any atom is -0.378 e. The van der Waals surface area contributed by atoms with Crippen molar-refractivity contribution in [3.8, 4) is 11.3 Å². The highest BCUT2D eigenvalue weighted by Gasteiger charge is 2.16. The highest BCUT2D eigenvalue weighted by molar-refractivity contribution is 5.68. The molecule has 0 unspecified atom stereocenters. The van der Waals surface area contributed by atoms with E-state index in [-0.39, 0.29) is 0 Å². The van der Waals surface area contributed by atoms with Crippen molar-refractivity contribution in [2.45, 2.75) is 6.92 Å². The molecule has 1 saturated heterocycles. The molecule has 0 saturated carbocycles. The molecule has 0 aromatic carbocycles. The Hall–Kier alpha value is -2.47. The lowest BCUT2D eigenvalue weighted by molar-refractivity contribution is 0.122. The quantitative estimate of drug-likeness (QED) is 0.723. The maximum atomic E-state index is 5.41. The zero-order valence-electron chi connectivity index (χ0n) is 12.4. The van der Waals surface area contributed by atoms with E-state index in [9.17, 15) is 0 Å². The number of pyridine rings is 1. The van der Waals surface area contributed by atoms with Crippen LogP contribution in [-0.2, 0) is 4.74 Å². The Labute approximate surface area is 128 Å². The second-order valence-corrected chi connectivity index (χ2v) is 5.34. The number of anilines is 1. The Morgan fingerprint density at radius 1 is 1.14 bits per heavy atom. The topological polar surface area (TPSA) is 55.5 Å². The predicted octanol–water partition coefficient (Wildman–Crippen LogP) is 1.94. The third kappa shape index (κ3) is 2.21. The average Bonchev–Trinajstić information content (AvgIpc) is 2.91. The summed E-state index contributed by atoms with van der Waals surface area (Å²) in [7, 11) is 0. The number of morpholine rings is 1. The smallest absolute Gasteiger partial charge is 0.154 e. The second-order valence-electron chi connectivity index (χ2n) is 5.34. The molecule has 4 rings (SSSR count). The van der Waals surface area contributed by atoms with Gasteiger partial charge in [0.25, 0.3) is 0 Å². The van der Waals surface area contributed by atoms with Crippen molar-refractivity contribution >= 4 is 11.5 Å². The molecule has 0 radical (unpaired) electrons. The molecule has 0 amide bonds. The first-order valence-electron chi connectivity index (χ1n) is 7.42. The molecule has 0 spiro atoms. The fraction of sp³-hybridized carbons (Fsp3) is 0.312. The van der Waals surface area contributed by atoms with Gasteiger partial charge in [0.2, 0.25) is 0 Å². The molecule has 22 heavy (non-hydrogen) atoms. The molecule has 1 aliphatic heterocycles. The van der Waals surface area contributed by atoms with Crippen LogP contribution in [0.15, 0.2) is 36.7 Å². The lowest BCUT2D eigenvalue weighted by Gasteiger charge is -2.28. The van der Waals surface area contributed by atoms with E-state index in [4.69, 9.17) is 4.74 Å². The predicted molar refractivity (Wildman–Crippen MR) is 84.0 cm³/mol. The largest absolute Gasteiger partial charge is 0.378 e. The molecule has 0 atom stereocenters. The van der Waals surface area contributed by atoms with Gasteiger partial charge in [-0.05, 0) is 31.2 Å². The van der Waals surface area contributed by atoms with Crippen molar-refractivity contribution in [2.24, 2.45) is 0 Å². The van der Waals surface area contributed by atoms with E-state index in [0.717, 1.165) is 54.7 Å². The van der Waals surface area contributed by atoms with Crippen LogP contribution in [0.3, 0.4) is 0 Å². The zero-order valence-corrected chi connectivity index (χ0v) is 12.4. The summed E-state index contributed by atoms with van der Waals surface area (Å²) in [5, 5.41) is 4.42. The van der Waals surface area contributed by atoms with Gasteiger partial charge in [0, 0.05) is 31.0 Å². The van der Waals surface area contributed by atoms with Gasteiger partial charge in [0.05, 0.1) is 24.6 Å². The molecule has 3 aromatic heterocycles. The molecule has 4 heterocycles. The number of nitrogens with zero attached hydrogens (tertiary/aromatic N) is 5. The molecule has 0 aliphatic carbocycles. The normalized spacial score (nSPS) is 15.4. The van der Waals surface area contributed by atoms with Gasteiger partial charge >= 0.3 is 0 Å². The van der Waals surface area contributed by atoms with Crippen LogP contribution < -0.4 is 4.90 Å². The Morgan fingerprint density at radius 2 is 2.00 bits per heavy atom. The first kappa shape index (κ1) is 13.2. The van der Waals surface area contributed by atoms with E-state index in [1.54, 1.807) is 6.20 Å². The van der Waals surface area contributed by atoms with Crippen LogP contribution in [0.1, 0.15) is 5.69 Å². The zero-order chi connectivity index (χ0) is 14.9. The van der Waals surface area contributed by atoms with Crippen LogP contribution in [0.2, 0.25) is 0 Å². The Bertz CT molecular complexity index is 807. The third-order valence-corrected chi connectivity index (χ3v) is 3.92. The molecule has 6 heteroatoms. The Kier molecular flexibility index (Phi) is 3.23. The SMILES string of the molecule is Cc1nc2cccnn2c1-c1ccnc(N2CCOCC2)c1. The average molecular weight is 295 g/mol. The Morgan fingerprint density at radius 3 is 2.86 bits per heavy atom. The fourth-order valence-electron chi connectivity index (χ4n) is 2.86. The lowest BCUT2D eigenvalue weighted by atomic mass is 10.1. The number of hydrogen-bond donors (Lipinski definition) is 0. The van der Waals surface area contributed by atoms with Gasteiger partial charge in [-0.15, -0.1) is 0 Å². The minimum atomic E-state index is 0.752. The van der Waals surface area contributed by atoms with Crippen molar-refractivity contribution in [2.75, 3.05) is 31.2 Å². The number of aromatic nitrogens is 4. The molecule has 0 bridgehead atoms. The van der Waals surface area contributed by atoms with Gasteiger partial charge in [0.15, 0.2) is 5.65 Å². The van der Waals surface area contributed by atoms with E-state index in [0.29, 0.717) is 0 Å². The summed E-state index contributed by atoms with van der Waals surface area (Å²) in [6, 6.07) is 7.98. The van der Waals surface area contributed by atoms with Crippen molar-refractivity contribution in [1.29, 1.82) is 0 Å². The van der Waals surface area contributed by atoms with Crippen molar-refractivity contribution in [1.82, 2.24) is 19.6 Å². The molecule has 1 fully saturated rings. The van der Waals surface area contributed by atoms with Crippen molar-refractivity contribution in [3.63, 3.8) is 0 Å². The standard InChI is InChI=1S/C16H17N5O/c1-12-16(21-14(19-12)3-2-5-18-21)13-4-6-17-15(11-13)20-7-9-22-10-8-20/h2-6,11H,7-10H2,1H3. The van der Waals surface area contributed by atoms with E-state index >= 15 is 0 Å². The summed E-state index contributed by atoms with van der Waals surface area (Å²) < 4.78 is 7.29. The van der Waals surface area contributed by atoms with Crippen LogP contribution in [-0.4, -0.2) is 45.9 Å². The summed E-state index contributed by atoms with van der Waals surface area (Å²) >= 11 is 0. The van der Waals surface area contributed by atoms with Crippen molar-refractivity contribution < 1.29 is 4.74 Å². The van der Waals surface area contributed by atoms with E-state index in [2.05, 4.69) is 26.0 Å². The van der Waals surface area contributed by atoms with E-state index in [1.807, 2.05) is 35.8 Å². The highest BCUT2D eigenvalue weighted by Crippen LogP contribution is 2.26. The molecular formula is C16H17N5O. The van der Waals surface area contributed by atoms with E-state index < -0.39 is 0 Å². The van der Waals surface area contributed by atoms with Crippen LogP contribution in [0, 0.1) is 6.92 Å². The summed E-state index contributed by atoms with van der Waals surface area (Å²) in [5.74, 6) is 0.978. The van der Waals surface area contributed by atoms with Crippen LogP contribution in [0.4, 0.5) is 5.82 Å². The molecular weight excluding hydrogens is 278 g/mol. The number of hydrogen-bond acceptors (Lipinski definition) is 5. The number of imidazole rings is 1. The van der Waals surface area contributed by atoms with Gasteiger partial charge in [-0.3, -0.25) is 0 Å². The van der Waals surface area contributed by atoms with Gasteiger partial charge in [0.1, 0.15) is 5.82 Å². The minimum absolute atomic E-state index is 0.752. The maximum Gasteiger partial charge on any atom is 0.154 e. The van der Waals surface area contributed by atoms with Gasteiger partial charge in [-0.25, -0.2) is 14.5 Å². The molecule has 1 aliphatic rings. The van der Waals surface area contributed by atoms with Crippen LogP contribution in [0.25, 0.3) is 16.9 Å².